The third kappa shape index (κ3) is 2.60. The van der Waals surface area contributed by atoms with Crippen molar-refractivity contribution in [1.29, 1.82) is 0 Å². The first-order chi connectivity index (χ1) is 9.78. The normalized spacial score (nSPS) is 18.8. The van der Waals surface area contributed by atoms with Crippen molar-refractivity contribution in [2.75, 3.05) is 13.2 Å². The molecule has 3 rings (SSSR count). The van der Waals surface area contributed by atoms with Gasteiger partial charge in [0.15, 0.2) is 0 Å². The van der Waals surface area contributed by atoms with Crippen molar-refractivity contribution < 1.29 is 9.50 Å². The van der Waals surface area contributed by atoms with Crippen molar-refractivity contribution >= 4 is 0 Å². The van der Waals surface area contributed by atoms with Crippen molar-refractivity contribution in [2.45, 2.75) is 19.0 Å². The van der Waals surface area contributed by atoms with E-state index in [4.69, 9.17) is 0 Å². The van der Waals surface area contributed by atoms with E-state index < -0.39 is 0 Å². The lowest BCUT2D eigenvalue weighted by molar-refractivity contribution is 0.108. The monoisotopic (exact) mass is 271 g/mol. The van der Waals surface area contributed by atoms with Gasteiger partial charge < -0.3 is 5.11 Å². The number of benzene rings is 2. The quantitative estimate of drug-likeness (QED) is 0.928. The SMILES string of the molecule is OCC1c2ccccc2CCN1Cc1cccc(F)c1. The molecule has 1 atom stereocenters. The van der Waals surface area contributed by atoms with Gasteiger partial charge in [0.2, 0.25) is 0 Å². The fourth-order valence-electron chi connectivity index (χ4n) is 2.98. The number of aliphatic hydroxyl groups is 1. The molecule has 0 saturated carbocycles. The summed E-state index contributed by atoms with van der Waals surface area (Å²) >= 11 is 0. The van der Waals surface area contributed by atoms with Gasteiger partial charge in [0, 0.05) is 13.1 Å². The van der Waals surface area contributed by atoms with Crippen molar-refractivity contribution in [3.05, 3.63) is 71.0 Å². The molecule has 2 aromatic rings. The van der Waals surface area contributed by atoms with E-state index in [9.17, 15) is 9.50 Å². The van der Waals surface area contributed by atoms with E-state index in [0.29, 0.717) is 6.54 Å². The maximum Gasteiger partial charge on any atom is 0.123 e. The number of hydrogen-bond acceptors (Lipinski definition) is 2. The predicted molar refractivity (Wildman–Crippen MR) is 76.8 cm³/mol. The molecule has 104 valence electrons. The van der Waals surface area contributed by atoms with Crippen molar-refractivity contribution in [3.63, 3.8) is 0 Å². The molecule has 2 nitrogen and oxygen atoms in total. The summed E-state index contributed by atoms with van der Waals surface area (Å²) in [7, 11) is 0. The van der Waals surface area contributed by atoms with E-state index in [1.807, 2.05) is 18.2 Å². The van der Waals surface area contributed by atoms with Crippen LogP contribution in [0.1, 0.15) is 22.7 Å². The molecule has 0 bridgehead atoms. The van der Waals surface area contributed by atoms with E-state index >= 15 is 0 Å². The first-order valence-corrected chi connectivity index (χ1v) is 6.95. The summed E-state index contributed by atoms with van der Waals surface area (Å²) in [5.41, 5.74) is 3.45. The number of rotatable bonds is 3. The van der Waals surface area contributed by atoms with Crippen LogP contribution in [0.4, 0.5) is 4.39 Å². The second-order valence-electron chi connectivity index (χ2n) is 5.25. The summed E-state index contributed by atoms with van der Waals surface area (Å²) in [6.45, 7) is 1.64. The average molecular weight is 271 g/mol. The molecule has 0 aromatic heterocycles. The Balaban J connectivity index is 1.84. The molecule has 0 fully saturated rings. The van der Waals surface area contributed by atoms with Crippen LogP contribution >= 0.6 is 0 Å². The average Bonchev–Trinajstić information content (AvgIpc) is 2.47. The Morgan fingerprint density at radius 3 is 2.80 bits per heavy atom. The van der Waals surface area contributed by atoms with Crippen molar-refractivity contribution in [2.24, 2.45) is 0 Å². The minimum absolute atomic E-state index is 0.00298. The van der Waals surface area contributed by atoms with Crippen LogP contribution in [0.25, 0.3) is 0 Å². The zero-order chi connectivity index (χ0) is 13.9. The van der Waals surface area contributed by atoms with Gasteiger partial charge in [0.05, 0.1) is 12.6 Å². The van der Waals surface area contributed by atoms with E-state index in [1.54, 1.807) is 12.1 Å². The summed E-state index contributed by atoms with van der Waals surface area (Å²) in [6, 6.07) is 14.9. The van der Waals surface area contributed by atoms with E-state index in [-0.39, 0.29) is 18.5 Å². The van der Waals surface area contributed by atoms with Crippen LogP contribution in [0.15, 0.2) is 48.5 Å². The highest BCUT2D eigenvalue weighted by atomic mass is 19.1. The van der Waals surface area contributed by atoms with Crippen LogP contribution in [0.5, 0.6) is 0 Å². The van der Waals surface area contributed by atoms with Gasteiger partial charge in [-0.2, -0.15) is 0 Å². The molecule has 0 aliphatic carbocycles. The molecule has 0 radical (unpaired) electrons. The number of fused-ring (bicyclic) bond motifs is 1. The summed E-state index contributed by atoms with van der Waals surface area (Å²) in [5.74, 6) is -0.208. The Morgan fingerprint density at radius 1 is 1.15 bits per heavy atom. The highest BCUT2D eigenvalue weighted by Crippen LogP contribution is 2.30. The van der Waals surface area contributed by atoms with E-state index in [0.717, 1.165) is 18.5 Å². The predicted octanol–water partition coefficient (Wildman–Crippen LogP) is 2.92. The largest absolute Gasteiger partial charge is 0.394 e. The van der Waals surface area contributed by atoms with Crippen LogP contribution < -0.4 is 0 Å². The van der Waals surface area contributed by atoms with Crippen LogP contribution in [-0.2, 0) is 13.0 Å². The summed E-state index contributed by atoms with van der Waals surface area (Å²) in [6.07, 6.45) is 0.974. The fraction of sp³-hybridized carbons (Fsp3) is 0.294. The van der Waals surface area contributed by atoms with Gasteiger partial charge in [0.25, 0.3) is 0 Å². The smallest absolute Gasteiger partial charge is 0.123 e. The van der Waals surface area contributed by atoms with Gasteiger partial charge in [-0.15, -0.1) is 0 Å². The topological polar surface area (TPSA) is 23.5 Å². The third-order valence-electron chi connectivity index (χ3n) is 3.97. The molecule has 0 amide bonds. The molecule has 20 heavy (non-hydrogen) atoms. The Bertz CT molecular complexity index is 599. The lowest BCUT2D eigenvalue weighted by Crippen LogP contribution is -2.36. The molecular weight excluding hydrogens is 253 g/mol. The molecule has 1 N–H and O–H groups in total. The second-order valence-corrected chi connectivity index (χ2v) is 5.25. The van der Waals surface area contributed by atoms with Gasteiger partial charge >= 0.3 is 0 Å². The van der Waals surface area contributed by atoms with Gasteiger partial charge in [-0.25, -0.2) is 4.39 Å². The molecular formula is C17H18FNO. The Kier molecular flexibility index (Phi) is 3.81. The molecule has 3 heteroatoms. The van der Waals surface area contributed by atoms with Crippen LogP contribution in [-0.4, -0.2) is 23.2 Å². The number of halogens is 1. The maximum atomic E-state index is 13.3. The van der Waals surface area contributed by atoms with Crippen molar-refractivity contribution in [1.82, 2.24) is 4.90 Å². The van der Waals surface area contributed by atoms with Crippen LogP contribution in [0.2, 0.25) is 0 Å². The summed E-state index contributed by atoms with van der Waals surface area (Å²) in [4.78, 5) is 2.22. The Labute approximate surface area is 118 Å². The zero-order valence-corrected chi connectivity index (χ0v) is 11.3. The van der Waals surface area contributed by atoms with Gasteiger partial charge in [0.1, 0.15) is 5.82 Å². The first-order valence-electron chi connectivity index (χ1n) is 6.95. The van der Waals surface area contributed by atoms with E-state index in [2.05, 4.69) is 17.0 Å². The minimum atomic E-state index is -0.208. The molecule has 0 spiro atoms. The highest BCUT2D eigenvalue weighted by molar-refractivity contribution is 5.33. The number of hydrogen-bond donors (Lipinski definition) is 1. The molecule has 0 saturated heterocycles. The fourth-order valence-corrected chi connectivity index (χ4v) is 2.98. The molecule has 1 aliphatic rings. The summed E-state index contributed by atoms with van der Waals surface area (Å²) < 4.78 is 13.3. The number of aliphatic hydroxyl groups excluding tert-OH is 1. The Morgan fingerprint density at radius 2 is 2.00 bits per heavy atom. The Hall–Kier alpha value is -1.71. The van der Waals surface area contributed by atoms with Gasteiger partial charge in [-0.05, 0) is 35.2 Å². The lowest BCUT2D eigenvalue weighted by atomic mass is 9.92. The molecule has 2 aromatic carbocycles. The van der Waals surface area contributed by atoms with E-state index in [1.165, 1.54) is 17.2 Å². The number of nitrogens with zero attached hydrogens (tertiary/aromatic N) is 1. The first kappa shape index (κ1) is 13.3. The van der Waals surface area contributed by atoms with Crippen molar-refractivity contribution in [3.8, 4) is 0 Å². The minimum Gasteiger partial charge on any atom is -0.394 e. The zero-order valence-electron chi connectivity index (χ0n) is 11.3. The van der Waals surface area contributed by atoms with Crippen LogP contribution in [0.3, 0.4) is 0 Å². The standard InChI is InChI=1S/C17H18FNO/c18-15-6-3-4-13(10-15)11-19-9-8-14-5-1-2-7-16(14)17(19)12-20/h1-7,10,17,20H,8-9,11-12H2. The third-order valence-corrected chi connectivity index (χ3v) is 3.97. The summed E-state index contributed by atoms with van der Waals surface area (Å²) in [5, 5.41) is 9.73. The molecule has 1 aliphatic heterocycles. The molecule has 1 unspecified atom stereocenters. The second kappa shape index (κ2) is 5.73. The lowest BCUT2D eigenvalue weighted by Gasteiger charge is -2.36. The van der Waals surface area contributed by atoms with Gasteiger partial charge in [-0.1, -0.05) is 36.4 Å². The van der Waals surface area contributed by atoms with Crippen LogP contribution in [0, 0.1) is 5.82 Å². The van der Waals surface area contributed by atoms with Gasteiger partial charge in [-0.3, -0.25) is 4.90 Å². The highest BCUT2D eigenvalue weighted by Gasteiger charge is 2.26. The maximum absolute atomic E-state index is 13.3. The molecule has 1 heterocycles.